The average Bonchev–Trinajstić information content (AvgIpc) is 2.72. The first-order chi connectivity index (χ1) is 8.63. The molecular formula is C13H24N4O. The monoisotopic (exact) mass is 252 g/mol. The Kier molecular flexibility index (Phi) is 6.57. The second-order valence-electron chi connectivity index (χ2n) is 4.83. The minimum absolute atomic E-state index is 0.242. The molecule has 0 atom stereocenters. The summed E-state index contributed by atoms with van der Waals surface area (Å²) in [5.41, 5.74) is 0. The fraction of sp³-hybridized carbons (Fsp3) is 0.769. The number of nitrogens with one attached hydrogen (secondary N) is 1. The lowest BCUT2D eigenvalue weighted by Crippen LogP contribution is -2.24. The zero-order chi connectivity index (χ0) is 13.4. The zero-order valence-electron chi connectivity index (χ0n) is 11.6. The lowest BCUT2D eigenvalue weighted by atomic mass is 10.1. The molecule has 0 saturated carbocycles. The number of nitrogens with zero attached hydrogens (tertiary/aromatic N) is 3. The van der Waals surface area contributed by atoms with Gasteiger partial charge in [-0.25, -0.2) is 9.67 Å². The van der Waals surface area contributed by atoms with Crippen LogP contribution in [-0.4, -0.2) is 33.1 Å². The lowest BCUT2D eigenvalue weighted by molar-refractivity contribution is -0.118. The summed E-state index contributed by atoms with van der Waals surface area (Å²) in [6.07, 6.45) is 4.43. The van der Waals surface area contributed by atoms with E-state index in [0.29, 0.717) is 18.9 Å². The molecule has 1 aromatic heterocycles. The van der Waals surface area contributed by atoms with Crippen molar-refractivity contribution in [3.8, 4) is 0 Å². The van der Waals surface area contributed by atoms with E-state index in [4.69, 9.17) is 0 Å². The van der Waals surface area contributed by atoms with Crippen LogP contribution in [0.3, 0.4) is 0 Å². The van der Waals surface area contributed by atoms with E-state index in [2.05, 4.69) is 36.2 Å². The molecule has 0 unspecified atom stereocenters. The van der Waals surface area contributed by atoms with Gasteiger partial charge in [-0.15, -0.1) is 0 Å². The van der Waals surface area contributed by atoms with Crippen LogP contribution in [0.5, 0.6) is 0 Å². The molecule has 1 N–H and O–H groups in total. The molecule has 0 radical (unpaired) electrons. The first-order valence-electron chi connectivity index (χ1n) is 6.75. The zero-order valence-corrected chi connectivity index (χ0v) is 11.6. The Labute approximate surface area is 109 Å². The van der Waals surface area contributed by atoms with Gasteiger partial charge in [0, 0.05) is 19.0 Å². The van der Waals surface area contributed by atoms with E-state index in [1.165, 1.54) is 6.33 Å². The molecule has 0 fully saturated rings. The number of hydrogen-bond donors (Lipinski definition) is 1. The largest absolute Gasteiger partial charge is 0.315 e. The first kappa shape index (κ1) is 14.8. The van der Waals surface area contributed by atoms with Gasteiger partial charge in [-0.1, -0.05) is 20.8 Å². The summed E-state index contributed by atoms with van der Waals surface area (Å²) >= 11 is 0. The number of ketones is 1. The normalized spacial score (nSPS) is 11.1. The van der Waals surface area contributed by atoms with Crippen molar-refractivity contribution in [2.75, 3.05) is 6.54 Å². The molecule has 5 heteroatoms. The lowest BCUT2D eigenvalue weighted by Gasteiger charge is -2.07. The molecule has 5 nitrogen and oxygen atoms in total. The van der Waals surface area contributed by atoms with Gasteiger partial charge in [0.25, 0.3) is 0 Å². The van der Waals surface area contributed by atoms with E-state index in [9.17, 15) is 4.79 Å². The highest BCUT2D eigenvalue weighted by Crippen LogP contribution is 2.01. The predicted octanol–water partition coefficient (Wildman–Crippen LogP) is 1.58. The van der Waals surface area contributed by atoms with Gasteiger partial charge in [-0.05, 0) is 19.4 Å². The molecule has 0 aliphatic heterocycles. The number of hydrogen-bond acceptors (Lipinski definition) is 4. The average molecular weight is 252 g/mol. The van der Waals surface area contributed by atoms with Crippen LogP contribution in [0, 0.1) is 0 Å². The summed E-state index contributed by atoms with van der Waals surface area (Å²) in [5.74, 6) is 1.03. The van der Waals surface area contributed by atoms with Crippen LogP contribution >= 0.6 is 0 Å². The van der Waals surface area contributed by atoms with Gasteiger partial charge in [-0.2, -0.15) is 5.10 Å². The molecule has 102 valence electrons. The quantitative estimate of drug-likeness (QED) is 0.678. The van der Waals surface area contributed by atoms with Crippen molar-refractivity contribution in [3.63, 3.8) is 0 Å². The third-order valence-electron chi connectivity index (χ3n) is 2.67. The minimum atomic E-state index is 0.242. The molecule has 1 rings (SSSR count). The second-order valence-corrected chi connectivity index (χ2v) is 4.83. The summed E-state index contributed by atoms with van der Waals surface area (Å²) in [5, 5.41) is 7.43. The maximum atomic E-state index is 11.8. The summed E-state index contributed by atoms with van der Waals surface area (Å²) < 4.78 is 1.82. The molecule has 0 aliphatic carbocycles. The minimum Gasteiger partial charge on any atom is -0.315 e. The van der Waals surface area contributed by atoms with Crippen LogP contribution in [0.2, 0.25) is 0 Å². The number of aryl methyl sites for hydroxylation is 1. The number of carbonyl (C=O) groups is 1. The number of aromatic nitrogens is 3. The third kappa shape index (κ3) is 5.40. The molecule has 18 heavy (non-hydrogen) atoms. The molecule has 1 aromatic rings. The standard InChI is InChI=1S/C13H24N4O/c1-4-8-17-13(15-10-16-17)9-12(18)6-5-7-14-11(2)3/h10-11,14H,4-9H2,1-3H3. The molecule has 0 spiro atoms. The van der Waals surface area contributed by atoms with Crippen molar-refractivity contribution in [3.05, 3.63) is 12.2 Å². The molecule has 0 saturated heterocycles. The van der Waals surface area contributed by atoms with E-state index < -0.39 is 0 Å². The Hall–Kier alpha value is -1.23. The molecule has 0 aromatic carbocycles. The highest BCUT2D eigenvalue weighted by molar-refractivity contribution is 5.80. The van der Waals surface area contributed by atoms with Gasteiger partial charge in [-0.3, -0.25) is 4.79 Å². The summed E-state index contributed by atoms with van der Waals surface area (Å²) in [6, 6.07) is 0.479. The van der Waals surface area contributed by atoms with Crippen LogP contribution < -0.4 is 5.32 Å². The van der Waals surface area contributed by atoms with E-state index >= 15 is 0 Å². The van der Waals surface area contributed by atoms with Gasteiger partial charge in [0.05, 0.1) is 6.42 Å². The number of carbonyl (C=O) groups excluding carboxylic acids is 1. The van der Waals surface area contributed by atoms with Crippen molar-refractivity contribution in [1.82, 2.24) is 20.1 Å². The van der Waals surface area contributed by atoms with E-state index in [1.807, 2.05) is 4.68 Å². The third-order valence-corrected chi connectivity index (χ3v) is 2.67. The SMILES string of the molecule is CCCn1ncnc1CC(=O)CCCNC(C)C. The molecule has 0 amide bonds. The van der Waals surface area contributed by atoms with Gasteiger partial charge in [0.1, 0.15) is 17.9 Å². The highest BCUT2D eigenvalue weighted by atomic mass is 16.1. The Morgan fingerprint density at radius 1 is 1.50 bits per heavy atom. The van der Waals surface area contributed by atoms with Crippen molar-refractivity contribution < 1.29 is 4.79 Å². The van der Waals surface area contributed by atoms with Crippen molar-refractivity contribution in [2.45, 2.75) is 59.0 Å². The molecule has 0 aliphatic rings. The topological polar surface area (TPSA) is 59.8 Å². The summed E-state index contributed by atoms with van der Waals surface area (Å²) in [4.78, 5) is 15.9. The van der Waals surface area contributed by atoms with E-state index in [0.717, 1.165) is 31.8 Å². The first-order valence-corrected chi connectivity index (χ1v) is 6.75. The Bertz CT molecular complexity index is 360. The fourth-order valence-electron chi connectivity index (χ4n) is 1.76. The van der Waals surface area contributed by atoms with Gasteiger partial charge in [0.2, 0.25) is 0 Å². The van der Waals surface area contributed by atoms with Gasteiger partial charge >= 0.3 is 0 Å². The Morgan fingerprint density at radius 3 is 2.94 bits per heavy atom. The predicted molar refractivity (Wildman–Crippen MR) is 71.4 cm³/mol. The Balaban J connectivity index is 2.28. The smallest absolute Gasteiger partial charge is 0.140 e. The maximum Gasteiger partial charge on any atom is 0.140 e. The molecule has 1 heterocycles. The number of rotatable bonds is 9. The van der Waals surface area contributed by atoms with Crippen molar-refractivity contribution in [2.24, 2.45) is 0 Å². The molecule has 0 bridgehead atoms. The van der Waals surface area contributed by atoms with E-state index in [1.54, 1.807) is 0 Å². The van der Waals surface area contributed by atoms with Crippen LogP contribution in [0.25, 0.3) is 0 Å². The van der Waals surface area contributed by atoms with Crippen LogP contribution in [0.1, 0.15) is 45.9 Å². The van der Waals surface area contributed by atoms with Crippen molar-refractivity contribution >= 4 is 5.78 Å². The van der Waals surface area contributed by atoms with Gasteiger partial charge in [0.15, 0.2) is 0 Å². The highest BCUT2D eigenvalue weighted by Gasteiger charge is 2.09. The van der Waals surface area contributed by atoms with E-state index in [-0.39, 0.29) is 5.78 Å². The van der Waals surface area contributed by atoms with Crippen LogP contribution in [-0.2, 0) is 17.8 Å². The summed E-state index contributed by atoms with van der Waals surface area (Å²) in [6.45, 7) is 8.03. The maximum absolute atomic E-state index is 11.8. The number of Topliss-reactive ketones (excluding diaryl/α,β-unsaturated/α-hetero) is 1. The van der Waals surface area contributed by atoms with Crippen LogP contribution in [0.15, 0.2) is 6.33 Å². The van der Waals surface area contributed by atoms with Gasteiger partial charge < -0.3 is 5.32 Å². The Morgan fingerprint density at radius 2 is 2.28 bits per heavy atom. The summed E-state index contributed by atoms with van der Waals surface area (Å²) in [7, 11) is 0. The fourth-order valence-corrected chi connectivity index (χ4v) is 1.76. The second kappa shape index (κ2) is 7.97. The van der Waals surface area contributed by atoms with Crippen molar-refractivity contribution in [1.29, 1.82) is 0 Å². The molecular weight excluding hydrogens is 228 g/mol. The van der Waals surface area contributed by atoms with Crippen LogP contribution in [0.4, 0.5) is 0 Å².